The monoisotopic (exact) mass is 150 g/mol. The van der Waals surface area contributed by atoms with Gasteiger partial charge in [0.1, 0.15) is 0 Å². The summed E-state index contributed by atoms with van der Waals surface area (Å²) in [5, 5.41) is 0. The first-order valence-corrected chi connectivity index (χ1v) is 5.07. The Bertz CT molecular complexity index is 161. The standard InChI is InChI=1S/C11H18/c1-9-7-11(8-9)10-5-3-2-4-6-10/h7,9-10H,2-6,8H2,1H3. The van der Waals surface area contributed by atoms with Crippen molar-refractivity contribution in [3.8, 4) is 0 Å². The van der Waals surface area contributed by atoms with Crippen LogP contribution in [0.3, 0.4) is 0 Å². The highest BCUT2D eigenvalue weighted by molar-refractivity contribution is 5.19. The minimum Gasteiger partial charge on any atom is -0.0819 e. The summed E-state index contributed by atoms with van der Waals surface area (Å²) in [6.07, 6.45) is 11.3. The number of hydrogen-bond donors (Lipinski definition) is 0. The van der Waals surface area contributed by atoms with Gasteiger partial charge >= 0.3 is 0 Å². The maximum absolute atomic E-state index is 2.50. The maximum Gasteiger partial charge on any atom is -0.0203 e. The van der Waals surface area contributed by atoms with E-state index in [1.807, 2.05) is 0 Å². The van der Waals surface area contributed by atoms with Crippen LogP contribution in [0.25, 0.3) is 0 Å². The zero-order chi connectivity index (χ0) is 7.68. The first-order chi connectivity index (χ1) is 5.36. The van der Waals surface area contributed by atoms with Gasteiger partial charge in [0.2, 0.25) is 0 Å². The van der Waals surface area contributed by atoms with Crippen LogP contribution >= 0.6 is 0 Å². The van der Waals surface area contributed by atoms with Crippen molar-refractivity contribution in [3.63, 3.8) is 0 Å². The summed E-state index contributed by atoms with van der Waals surface area (Å²) in [7, 11) is 0. The van der Waals surface area contributed by atoms with Gasteiger partial charge in [0.25, 0.3) is 0 Å². The average Bonchev–Trinajstić information content (AvgIpc) is 2.01. The van der Waals surface area contributed by atoms with E-state index in [9.17, 15) is 0 Å². The molecule has 0 N–H and O–H groups in total. The Hall–Kier alpha value is -0.260. The van der Waals surface area contributed by atoms with E-state index < -0.39 is 0 Å². The van der Waals surface area contributed by atoms with Crippen LogP contribution < -0.4 is 0 Å². The molecule has 1 atom stereocenters. The number of rotatable bonds is 1. The molecule has 0 amide bonds. The van der Waals surface area contributed by atoms with Crippen LogP contribution in [-0.4, -0.2) is 0 Å². The van der Waals surface area contributed by atoms with Gasteiger partial charge in [0.15, 0.2) is 0 Å². The highest BCUT2D eigenvalue weighted by atomic mass is 14.3. The molecule has 2 rings (SSSR count). The molecule has 1 fully saturated rings. The second-order valence-corrected chi connectivity index (χ2v) is 4.26. The molecule has 62 valence electrons. The fourth-order valence-corrected chi connectivity index (χ4v) is 2.48. The van der Waals surface area contributed by atoms with Crippen molar-refractivity contribution in [2.45, 2.75) is 45.4 Å². The molecule has 0 nitrogen and oxygen atoms in total. The third kappa shape index (κ3) is 1.50. The van der Waals surface area contributed by atoms with Crippen molar-refractivity contribution in [1.29, 1.82) is 0 Å². The Morgan fingerprint density at radius 3 is 2.36 bits per heavy atom. The van der Waals surface area contributed by atoms with Gasteiger partial charge in [-0.05, 0) is 31.1 Å². The van der Waals surface area contributed by atoms with Gasteiger partial charge < -0.3 is 0 Å². The number of hydrogen-bond acceptors (Lipinski definition) is 0. The molecule has 0 saturated heterocycles. The summed E-state index contributed by atoms with van der Waals surface area (Å²) < 4.78 is 0. The van der Waals surface area contributed by atoms with Gasteiger partial charge in [-0.1, -0.05) is 37.8 Å². The topological polar surface area (TPSA) is 0 Å². The van der Waals surface area contributed by atoms with Crippen molar-refractivity contribution < 1.29 is 0 Å². The molecule has 0 radical (unpaired) electrons. The lowest BCUT2D eigenvalue weighted by molar-refractivity contribution is 0.371. The molecular formula is C11H18. The van der Waals surface area contributed by atoms with Gasteiger partial charge in [-0.3, -0.25) is 0 Å². The lowest BCUT2D eigenvalue weighted by atomic mass is 9.74. The van der Waals surface area contributed by atoms with E-state index in [1.54, 1.807) is 5.57 Å². The molecule has 0 heteroatoms. The Labute approximate surface area is 69.7 Å². The molecule has 0 aliphatic heterocycles. The van der Waals surface area contributed by atoms with Gasteiger partial charge in [-0.25, -0.2) is 0 Å². The zero-order valence-corrected chi connectivity index (χ0v) is 7.47. The average molecular weight is 150 g/mol. The van der Waals surface area contributed by atoms with Crippen molar-refractivity contribution in [2.75, 3.05) is 0 Å². The summed E-state index contributed by atoms with van der Waals surface area (Å²) in [6, 6.07) is 0. The van der Waals surface area contributed by atoms with Gasteiger partial charge in [-0.15, -0.1) is 0 Å². The Morgan fingerprint density at radius 2 is 1.82 bits per heavy atom. The molecule has 0 aromatic rings. The largest absolute Gasteiger partial charge is 0.0819 e. The molecule has 0 bridgehead atoms. The van der Waals surface area contributed by atoms with E-state index in [1.165, 1.54) is 38.5 Å². The van der Waals surface area contributed by atoms with Gasteiger partial charge in [-0.2, -0.15) is 0 Å². The summed E-state index contributed by atoms with van der Waals surface area (Å²) in [5.41, 5.74) is 1.79. The summed E-state index contributed by atoms with van der Waals surface area (Å²) in [4.78, 5) is 0. The van der Waals surface area contributed by atoms with Crippen LogP contribution in [0.1, 0.15) is 45.4 Å². The van der Waals surface area contributed by atoms with E-state index in [0.717, 1.165) is 11.8 Å². The minimum atomic E-state index is 0.895. The van der Waals surface area contributed by atoms with Crippen LogP contribution in [0.5, 0.6) is 0 Å². The second-order valence-electron chi connectivity index (χ2n) is 4.26. The summed E-state index contributed by atoms with van der Waals surface area (Å²) in [6.45, 7) is 2.33. The van der Waals surface area contributed by atoms with E-state index >= 15 is 0 Å². The van der Waals surface area contributed by atoms with Crippen molar-refractivity contribution in [1.82, 2.24) is 0 Å². The third-order valence-electron chi connectivity index (χ3n) is 3.19. The van der Waals surface area contributed by atoms with Crippen molar-refractivity contribution in [2.24, 2.45) is 11.8 Å². The van der Waals surface area contributed by atoms with E-state index in [0.29, 0.717) is 0 Å². The maximum atomic E-state index is 2.50. The second kappa shape index (κ2) is 3.00. The fraction of sp³-hybridized carbons (Fsp3) is 0.818. The quantitative estimate of drug-likeness (QED) is 0.502. The van der Waals surface area contributed by atoms with E-state index in [4.69, 9.17) is 0 Å². The predicted octanol–water partition coefficient (Wildman–Crippen LogP) is 3.53. The molecule has 2 aliphatic carbocycles. The molecule has 0 aromatic carbocycles. The zero-order valence-electron chi connectivity index (χ0n) is 7.47. The van der Waals surface area contributed by atoms with Crippen LogP contribution in [0.4, 0.5) is 0 Å². The highest BCUT2D eigenvalue weighted by Crippen LogP contribution is 2.38. The van der Waals surface area contributed by atoms with Crippen LogP contribution in [0.15, 0.2) is 11.6 Å². The van der Waals surface area contributed by atoms with Crippen LogP contribution in [0.2, 0.25) is 0 Å². The minimum absolute atomic E-state index is 0.895. The molecule has 0 aromatic heterocycles. The number of allylic oxidation sites excluding steroid dienone is 2. The van der Waals surface area contributed by atoms with Crippen molar-refractivity contribution in [3.05, 3.63) is 11.6 Å². The lowest BCUT2D eigenvalue weighted by Crippen LogP contribution is -2.17. The fourth-order valence-electron chi connectivity index (χ4n) is 2.48. The first-order valence-electron chi connectivity index (χ1n) is 5.07. The lowest BCUT2D eigenvalue weighted by Gasteiger charge is -2.31. The van der Waals surface area contributed by atoms with E-state index in [-0.39, 0.29) is 0 Å². The Morgan fingerprint density at radius 1 is 1.18 bits per heavy atom. The van der Waals surface area contributed by atoms with Crippen molar-refractivity contribution >= 4 is 0 Å². The predicted molar refractivity (Wildman–Crippen MR) is 48.4 cm³/mol. The van der Waals surface area contributed by atoms with Crippen LogP contribution in [0, 0.1) is 11.8 Å². The molecule has 0 spiro atoms. The SMILES string of the molecule is CC1C=C(C2CCCCC2)C1. The molecule has 1 saturated carbocycles. The third-order valence-corrected chi connectivity index (χ3v) is 3.19. The van der Waals surface area contributed by atoms with Crippen LogP contribution in [-0.2, 0) is 0 Å². The first kappa shape index (κ1) is 7.39. The smallest absolute Gasteiger partial charge is 0.0203 e. The van der Waals surface area contributed by atoms with Gasteiger partial charge in [0, 0.05) is 0 Å². The molecule has 0 heterocycles. The molecule has 11 heavy (non-hydrogen) atoms. The van der Waals surface area contributed by atoms with E-state index in [2.05, 4.69) is 13.0 Å². The molecular weight excluding hydrogens is 132 g/mol. The molecule has 1 unspecified atom stereocenters. The molecule has 2 aliphatic rings. The summed E-state index contributed by atoms with van der Waals surface area (Å²) >= 11 is 0. The van der Waals surface area contributed by atoms with Gasteiger partial charge in [0.05, 0.1) is 0 Å². The summed E-state index contributed by atoms with van der Waals surface area (Å²) in [5.74, 6) is 1.90. The Kier molecular flexibility index (Phi) is 2.02. The highest BCUT2D eigenvalue weighted by Gasteiger charge is 2.23. The Balaban J connectivity index is 1.89. The normalized spacial score (nSPS) is 32.8.